The molecule has 2 aromatic carbocycles. The van der Waals surface area contributed by atoms with Crippen LogP contribution in [0.1, 0.15) is 52.8 Å². The molecule has 8 nitrogen and oxygen atoms in total. The second kappa shape index (κ2) is 11.5. The van der Waals surface area contributed by atoms with Crippen LogP contribution in [-0.2, 0) is 11.2 Å². The molecule has 39 heavy (non-hydrogen) atoms. The van der Waals surface area contributed by atoms with Gasteiger partial charge in [-0.15, -0.1) is 0 Å². The molecule has 3 heterocycles. The normalized spacial score (nSPS) is 16.6. The Kier molecular flexibility index (Phi) is 7.69. The summed E-state index contributed by atoms with van der Waals surface area (Å²) in [6.07, 6.45) is 2.79. The van der Waals surface area contributed by atoms with E-state index >= 15 is 0 Å². The number of para-hydroxylation sites is 1. The number of rotatable bonds is 9. The van der Waals surface area contributed by atoms with E-state index in [9.17, 15) is 14.7 Å². The predicted octanol–water partition coefficient (Wildman–Crippen LogP) is 5.60. The van der Waals surface area contributed by atoms with Gasteiger partial charge in [0.15, 0.2) is 5.11 Å². The molecular formula is C30H28N4O4S. The molecule has 1 fully saturated rings. The molecular weight excluding hydrogens is 512 g/mol. The number of carboxylic acids is 1. The van der Waals surface area contributed by atoms with E-state index in [1.165, 1.54) is 0 Å². The highest BCUT2D eigenvalue weighted by Gasteiger charge is 2.41. The molecule has 0 radical (unpaired) electrons. The largest absolute Gasteiger partial charge is 0.478 e. The van der Waals surface area contributed by atoms with Gasteiger partial charge < -0.3 is 25.1 Å². The first kappa shape index (κ1) is 26.1. The van der Waals surface area contributed by atoms with Crippen molar-refractivity contribution in [2.45, 2.75) is 31.8 Å². The van der Waals surface area contributed by atoms with Gasteiger partial charge in [0.2, 0.25) is 5.91 Å². The Morgan fingerprint density at radius 2 is 1.82 bits per heavy atom. The Hall–Kier alpha value is -4.50. The van der Waals surface area contributed by atoms with Crippen molar-refractivity contribution in [1.29, 1.82) is 0 Å². The number of aromatic nitrogens is 1. The molecule has 5 rings (SSSR count). The van der Waals surface area contributed by atoms with Crippen molar-refractivity contribution >= 4 is 34.9 Å². The van der Waals surface area contributed by atoms with Crippen LogP contribution in [0.2, 0.25) is 0 Å². The Balaban J connectivity index is 1.39. The number of furan rings is 1. The highest BCUT2D eigenvalue weighted by molar-refractivity contribution is 7.80. The zero-order valence-electron chi connectivity index (χ0n) is 21.3. The van der Waals surface area contributed by atoms with Crippen LogP contribution in [0, 0.1) is 0 Å². The Bertz CT molecular complexity index is 1490. The van der Waals surface area contributed by atoms with E-state index in [1.807, 2.05) is 59.5 Å². The van der Waals surface area contributed by atoms with Crippen molar-refractivity contribution in [1.82, 2.24) is 15.2 Å². The minimum atomic E-state index is -0.983. The zero-order chi connectivity index (χ0) is 27.4. The fourth-order valence-corrected chi connectivity index (χ4v) is 5.12. The number of thiocarbonyl (C=S) groups is 1. The minimum Gasteiger partial charge on any atom is -0.478 e. The first-order chi connectivity index (χ1) is 18.9. The minimum absolute atomic E-state index is 0.0996. The third kappa shape index (κ3) is 5.68. The van der Waals surface area contributed by atoms with E-state index in [0.717, 1.165) is 28.9 Å². The number of nitrogens with one attached hydrogen (secondary N) is 2. The second-order valence-electron chi connectivity index (χ2n) is 9.21. The fraction of sp³-hybridized carbons (Fsp3) is 0.200. The molecule has 1 saturated heterocycles. The second-order valence-corrected chi connectivity index (χ2v) is 9.60. The highest BCUT2D eigenvalue weighted by Crippen LogP contribution is 2.40. The summed E-state index contributed by atoms with van der Waals surface area (Å²) in [6.45, 7) is 2.43. The van der Waals surface area contributed by atoms with E-state index in [4.69, 9.17) is 16.6 Å². The fourth-order valence-electron chi connectivity index (χ4n) is 4.78. The van der Waals surface area contributed by atoms with Gasteiger partial charge >= 0.3 is 5.97 Å². The van der Waals surface area contributed by atoms with Crippen molar-refractivity contribution < 1.29 is 19.1 Å². The van der Waals surface area contributed by atoms with Crippen LogP contribution < -0.4 is 10.6 Å². The van der Waals surface area contributed by atoms with Gasteiger partial charge in [0, 0.05) is 30.4 Å². The van der Waals surface area contributed by atoms with Gasteiger partial charge in [0.25, 0.3) is 0 Å². The lowest BCUT2D eigenvalue weighted by Crippen LogP contribution is -2.32. The quantitative estimate of drug-likeness (QED) is 0.235. The van der Waals surface area contributed by atoms with Crippen molar-refractivity contribution in [2.24, 2.45) is 0 Å². The number of pyridine rings is 1. The van der Waals surface area contributed by atoms with E-state index in [-0.39, 0.29) is 30.0 Å². The third-order valence-corrected chi connectivity index (χ3v) is 7.14. The number of carbonyl (C=O) groups is 2. The molecule has 4 aromatic rings. The first-order valence-electron chi connectivity index (χ1n) is 12.7. The van der Waals surface area contributed by atoms with E-state index in [1.54, 1.807) is 30.5 Å². The number of hydrogen-bond acceptors (Lipinski definition) is 5. The molecule has 2 aromatic heterocycles. The van der Waals surface area contributed by atoms with E-state index in [2.05, 4.69) is 22.5 Å². The number of carbonyl (C=O) groups excluding carboxylic acids is 1. The number of anilines is 1. The summed E-state index contributed by atoms with van der Waals surface area (Å²) in [4.78, 5) is 30.7. The van der Waals surface area contributed by atoms with Crippen LogP contribution in [0.4, 0.5) is 5.69 Å². The van der Waals surface area contributed by atoms with Gasteiger partial charge in [0.1, 0.15) is 17.6 Å². The van der Waals surface area contributed by atoms with Gasteiger partial charge in [0.05, 0.1) is 17.3 Å². The number of amides is 1. The molecule has 3 N–H and O–H groups in total. The van der Waals surface area contributed by atoms with Crippen molar-refractivity contribution in [3.63, 3.8) is 0 Å². The lowest BCUT2D eigenvalue weighted by atomic mass is 10.0. The van der Waals surface area contributed by atoms with Crippen molar-refractivity contribution in [3.05, 3.63) is 108 Å². The zero-order valence-corrected chi connectivity index (χ0v) is 22.2. The number of benzene rings is 2. The first-order valence-corrected chi connectivity index (χ1v) is 13.1. The van der Waals surface area contributed by atoms with Crippen molar-refractivity contribution in [3.8, 4) is 11.3 Å². The van der Waals surface area contributed by atoms with Crippen LogP contribution in [0.15, 0.2) is 89.5 Å². The van der Waals surface area contributed by atoms with Gasteiger partial charge in [-0.2, -0.15) is 0 Å². The molecule has 0 aliphatic carbocycles. The average molecular weight is 541 g/mol. The maximum atomic E-state index is 12.9. The van der Waals surface area contributed by atoms with Gasteiger partial charge in [-0.3, -0.25) is 9.78 Å². The molecule has 0 bridgehead atoms. The summed E-state index contributed by atoms with van der Waals surface area (Å²) in [7, 11) is 0. The molecule has 2 unspecified atom stereocenters. The number of hydrogen-bond donors (Lipinski definition) is 3. The summed E-state index contributed by atoms with van der Waals surface area (Å²) in [5.74, 6) is 0.182. The third-order valence-electron chi connectivity index (χ3n) is 6.78. The topological polar surface area (TPSA) is 108 Å². The lowest BCUT2D eigenvalue weighted by molar-refractivity contribution is -0.116. The van der Waals surface area contributed by atoms with E-state index < -0.39 is 5.97 Å². The SMILES string of the molecule is CCc1ccccc1NC(=O)CCN1C(=S)NC(c2ccccn2)C1c1ccc(-c2ccc(C(=O)O)cc2)o1. The van der Waals surface area contributed by atoms with Crippen molar-refractivity contribution in [2.75, 3.05) is 11.9 Å². The van der Waals surface area contributed by atoms with Crippen LogP contribution in [0.5, 0.6) is 0 Å². The van der Waals surface area contributed by atoms with E-state index in [0.29, 0.717) is 23.2 Å². The van der Waals surface area contributed by atoms with Gasteiger partial charge in [-0.05, 0) is 66.7 Å². The lowest BCUT2D eigenvalue weighted by Gasteiger charge is -2.26. The highest BCUT2D eigenvalue weighted by atomic mass is 32.1. The van der Waals surface area contributed by atoms with Gasteiger partial charge in [-0.25, -0.2) is 4.79 Å². The summed E-state index contributed by atoms with van der Waals surface area (Å²) in [6, 6.07) is 23.1. The predicted molar refractivity (Wildman–Crippen MR) is 152 cm³/mol. The molecule has 0 spiro atoms. The van der Waals surface area contributed by atoms with Crippen LogP contribution in [0.25, 0.3) is 11.3 Å². The van der Waals surface area contributed by atoms with Crippen LogP contribution in [0.3, 0.4) is 0 Å². The Morgan fingerprint density at radius 1 is 1.05 bits per heavy atom. The smallest absolute Gasteiger partial charge is 0.335 e. The molecule has 0 saturated carbocycles. The standard InChI is InChI=1S/C30H28N4O4S/c1-2-19-7-3-4-8-22(19)32-26(35)16-18-34-28(27(33-30(34)39)23-9-5-6-17-31-23)25-15-14-24(38-25)20-10-12-21(13-11-20)29(36)37/h3-15,17,27-28H,2,16,18H2,1H3,(H,32,35)(H,33,39)(H,36,37). The maximum Gasteiger partial charge on any atom is 0.335 e. The number of carboxylic acid groups (broad SMARTS) is 1. The summed E-state index contributed by atoms with van der Waals surface area (Å²) in [5.41, 5.74) is 3.67. The van der Waals surface area contributed by atoms with Gasteiger partial charge in [-0.1, -0.05) is 43.3 Å². The number of nitrogens with zero attached hydrogens (tertiary/aromatic N) is 2. The molecule has 1 amide bonds. The van der Waals surface area contributed by atoms with Crippen LogP contribution >= 0.6 is 12.2 Å². The molecule has 9 heteroatoms. The monoisotopic (exact) mass is 540 g/mol. The number of aromatic carboxylic acids is 1. The Morgan fingerprint density at radius 3 is 2.54 bits per heavy atom. The Labute approximate surface area is 231 Å². The average Bonchev–Trinajstić information content (AvgIpc) is 3.57. The maximum absolute atomic E-state index is 12.9. The summed E-state index contributed by atoms with van der Waals surface area (Å²) >= 11 is 5.71. The number of aryl methyl sites for hydroxylation is 1. The van der Waals surface area contributed by atoms with Crippen LogP contribution in [-0.4, -0.2) is 38.5 Å². The molecule has 198 valence electrons. The molecule has 1 aliphatic rings. The molecule has 1 aliphatic heterocycles. The summed E-state index contributed by atoms with van der Waals surface area (Å²) < 4.78 is 6.30. The summed E-state index contributed by atoms with van der Waals surface area (Å²) in [5, 5.41) is 16.1. The molecule has 2 atom stereocenters.